The summed E-state index contributed by atoms with van der Waals surface area (Å²) in [4.78, 5) is 1.88. The van der Waals surface area contributed by atoms with Gasteiger partial charge in [-0.1, -0.05) is 24.3 Å². The molecule has 2 nitrogen and oxygen atoms in total. The molecule has 94 valence electrons. The van der Waals surface area contributed by atoms with E-state index < -0.39 is 12.1 Å². The maximum Gasteiger partial charge on any atom is 0.399 e. The topological polar surface area (TPSA) is 12.5 Å². The van der Waals surface area contributed by atoms with Gasteiger partial charge < -0.3 is 9.64 Å². The van der Waals surface area contributed by atoms with Crippen molar-refractivity contribution >= 4 is 0 Å². The van der Waals surface area contributed by atoms with E-state index in [1.54, 1.807) is 12.3 Å². The van der Waals surface area contributed by atoms with Crippen molar-refractivity contribution in [3.8, 4) is 0 Å². The molecule has 0 aromatic rings. The van der Waals surface area contributed by atoms with Crippen LogP contribution in [0.25, 0.3) is 0 Å². The summed E-state index contributed by atoms with van der Waals surface area (Å²) in [5.74, 6) is -1.49. The van der Waals surface area contributed by atoms with E-state index in [-0.39, 0.29) is 0 Å². The van der Waals surface area contributed by atoms with E-state index in [9.17, 15) is 13.2 Å². The third-order valence-corrected chi connectivity index (χ3v) is 2.79. The van der Waals surface area contributed by atoms with Crippen molar-refractivity contribution in [3.05, 3.63) is 36.1 Å². The minimum atomic E-state index is -4.22. The zero-order valence-electron chi connectivity index (χ0n) is 9.28. The van der Waals surface area contributed by atoms with Gasteiger partial charge in [0.05, 0.1) is 19.1 Å². The summed E-state index contributed by atoms with van der Waals surface area (Å²) in [5.41, 5.74) is 0.293. The molecule has 0 bridgehead atoms. The molecule has 1 atom stereocenters. The van der Waals surface area contributed by atoms with Crippen LogP contribution in [0.1, 0.15) is 0 Å². The highest BCUT2D eigenvalue weighted by Crippen LogP contribution is 2.35. The van der Waals surface area contributed by atoms with Gasteiger partial charge in [-0.3, -0.25) is 0 Å². The lowest BCUT2D eigenvalue weighted by atomic mass is 9.94. The van der Waals surface area contributed by atoms with Gasteiger partial charge in [0.1, 0.15) is 0 Å². The zero-order chi connectivity index (χ0) is 12.3. The molecule has 1 aliphatic heterocycles. The Morgan fingerprint density at radius 1 is 1.24 bits per heavy atom. The van der Waals surface area contributed by atoms with Crippen LogP contribution in [0.4, 0.5) is 13.2 Å². The number of hydrogen-bond donors (Lipinski definition) is 0. The molecule has 0 N–H and O–H groups in total. The van der Waals surface area contributed by atoms with Crippen molar-refractivity contribution < 1.29 is 17.9 Å². The second kappa shape index (κ2) is 4.96. The highest BCUT2D eigenvalue weighted by atomic mass is 19.4. The molecule has 1 aliphatic carbocycles. The molecule has 5 heteroatoms. The number of morpholine rings is 1. The molecule has 0 aromatic carbocycles. The monoisotopic (exact) mass is 245 g/mol. The highest BCUT2D eigenvalue weighted by Gasteiger charge is 2.40. The van der Waals surface area contributed by atoms with Crippen LogP contribution < -0.4 is 0 Å². The SMILES string of the molecule is FC(F)(F)C1C=CC=CC1=CN1CCOCC1. The molecule has 1 fully saturated rings. The molecule has 0 radical (unpaired) electrons. The van der Waals surface area contributed by atoms with E-state index >= 15 is 0 Å². The van der Waals surface area contributed by atoms with Crippen LogP contribution in [0.3, 0.4) is 0 Å². The quantitative estimate of drug-likeness (QED) is 0.703. The van der Waals surface area contributed by atoms with Crippen LogP contribution in [-0.2, 0) is 4.74 Å². The molecule has 0 spiro atoms. The third-order valence-electron chi connectivity index (χ3n) is 2.79. The first-order valence-corrected chi connectivity index (χ1v) is 5.52. The molecule has 1 heterocycles. The predicted molar refractivity (Wildman–Crippen MR) is 58.3 cm³/mol. The minimum absolute atomic E-state index is 0.293. The second-order valence-electron chi connectivity index (χ2n) is 4.04. The van der Waals surface area contributed by atoms with E-state index in [2.05, 4.69) is 0 Å². The largest absolute Gasteiger partial charge is 0.399 e. The summed E-state index contributed by atoms with van der Waals surface area (Å²) in [6, 6.07) is 0. The maximum absolute atomic E-state index is 12.8. The third kappa shape index (κ3) is 3.12. The van der Waals surface area contributed by atoms with Gasteiger partial charge >= 0.3 is 6.18 Å². The molecule has 0 aromatic heterocycles. The fourth-order valence-corrected chi connectivity index (χ4v) is 1.90. The molecule has 1 unspecified atom stereocenters. The Labute approximate surface area is 98.0 Å². The van der Waals surface area contributed by atoms with Gasteiger partial charge in [-0.2, -0.15) is 13.2 Å². The number of halogens is 3. The van der Waals surface area contributed by atoms with Gasteiger partial charge in [0.2, 0.25) is 0 Å². The Hall–Kier alpha value is -1.23. The lowest BCUT2D eigenvalue weighted by molar-refractivity contribution is -0.151. The predicted octanol–water partition coefficient (Wildman–Crippen LogP) is 2.51. The molecule has 1 saturated heterocycles. The Kier molecular flexibility index (Phi) is 3.57. The number of hydrogen-bond acceptors (Lipinski definition) is 2. The van der Waals surface area contributed by atoms with E-state index in [1.807, 2.05) is 4.90 Å². The van der Waals surface area contributed by atoms with E-state index in [1.165, 1.54) is 18.2 Å². The van der Waals surface area contributed by atoms with Crippen molar-refractivity contribution in [2.24, 2.45) is 5.92 Å². The van der Waals surface area contributed by atoms with Crippen LogP contribution in [0.2, 0.25) is 0 Å². The zero-order valence-corrected chi connectivity index (χ0v) is 9.28. The number of allylic oxidation sites excluding steroid dienone is 5. The molecule has 0 saturated carbocycles. The Balaban J connectivity index is 2.14. The molecule has 0 amide bonds. The molecular weight excluding hydrogens is 231 g/mol. The number of nitrogens with zero attached hydrogens (tertiary/aromatic N) is 1. The summed E-state index contributed by atoms with van der Waals surface area (Å²) >= 11 is 0. The fourth-order valence-electron chi connectivity index (χ4n) is 1.90. The Morgan fingerprint density at radius 2 is 1.94 bits per heavy atom. The van der Waals surface area contributed by atoms with Gasteiger partial charge in [0.25, 0.3) is 0 Å². The maximum atomic E-state index is 12.8. The average Bonchev–Trinajstić information content (AvgIpc) is 2.30. The van der Waals surface area contributed by atoms with Gasteiger partial charge in [-0.15, -0.1) is 0 Å². The summed E-state index contributed by atoms with van der Waals surface area (Å²) in [6.07, 6.45) is 3.16. The van der Waals surface area contributed by atoms with E-state index in [4.69, 9.17) is 4.74 Å². The number of rotatable bonds is 1. The second-order valence-corrected chi connectivity index (χ2v) is 4.04. The lowest BCUT2D eigenvalue weighted by Crippen LogP contribution is -2.33. The molecular formula is C12H14F3NO. The highest BCUT2D eigenvalue weighted by molar-refractivity contribution is 5.34. The van der Waals surface area contributed by atoms with Gasteiger partial charge in [-0.05, 0) is 5.57 Å². The van der Waals surface area contributed by atoms with Crippen molar-refractivity contribution in [1.29, 1.82) is 0 Å². The first kappa shape index (κ1) is 12.2. The molecule has 17 heavy (non-hydrogen) atoms. The van der Waals surface area contributed by atoms with Crippen molar-refractivity contribution in [2.75, 3.05) is 26.3 Å². The lowest BCUT2D eigenvalue weighted by Gasteiger charge is -2.28. The average molecular weight is 245 g/mol. The van der Waals surface area contributed by atoms with Crippen molar-refractivity contribution in [3.63, 3.8) is 0 Å². The van der Waals surface area contributed by atoms with Crippen LogP contribution in [0.5, 0.6) is 0 Å². The standard InChI is InChI=1S/C12H14F3NO/c13-12(14,15)11-4-2-1-3-10(11)9-16-5-7-17-8-6-16/h1-4,9,11H,5-8H2. The number of ether oxygens (including phenoxy) is 1. The van der Waals surface area contributed by atoms with E-state index in [0.29, 0.717) is 31.9 Å². The van der Waals surface area contributed by atoms with Crippen LogP contribution in [0, 0.1) is 5.92 Å². The van der Waals surface area contributed by atoms with Crippen LogP contribution >= 0.6 is 0 Å². The summed E-state index contributed by atoms with van der Waals surface area (Å²) in [6.45, 7) is 2.43. The summed E-state index contributed by atoms with van der Waals surface area (Å²) in [5, 5.41) is 0. The van der Waals surface area contributed by atoms with Crippen LogP contribution in [0.15, 0.2) is 36.1 Å². The molecule has 2 rings (SSSR count). The summed E-state index contributed by atoms with van der Waals surface area (Å²) in [7, 11) is 0. The summed E-state index contributed by atoms with van der Waals surface area (Å²) < 4.78 is 43.5. The normalized spacial score (nSPS) is 27.8. The minimum Gasteiger partial charge on any atom is -0.378 e. The van der Waals surface area contributed by atoms with Crippen molar-refractivity contribution in [2.45, 2.75) is 6.18 Å². The van der Waals surface area contributed by atoms with Crippen LogP contribution in [-0.4, -0.2) is 37.4 Å². The first-order chi connectivity index (χ1) is 8.07. The smallest absolute Gasteiger partial charge is 0.378 e. The van der Waals surface area contributed by atoms with Crippen molar-refractivity contribution in [1.82, 2.24) is 4.90 Å². The van der Waals surface area contributed by atoms with Gasteiger partial charge in [0, 0.05) is 19.3 Å². The van der Waals surface area contributed by atoms with E-state index in [0.717, 1.165) is 0 Å². The van der Waals surface area contributed by atoms with Gasteiger partial charge in [0.15, 0.2) is 0 Å². The fraction of sp³-hybridized carbons (Fsp3) is 0.500. The van der Waals surface area contributed by atoms with Gasteiger partial charge in [-0.25, -0.2) is 0 Å². The number of alkyl halides is 3. The molecule has 2 aliphatic rings. The first-order valence-electron chi connectivity index (χ1n) is 5.52. The Bertz CT molecular complexity index is 351. The Morgan fingerprint density at radius 3 is 2.59 bits per heavy atom.